The minimum atomic E-state index is -0.923. The number of rotatable bonds is 4. The quantitative estimate of drug-likeness (QED) is 0.629. The molecule has 8 heteroatoms. The zero-order valence-electron chi connectivity index (χ0n) is 11.2. The van der Waals surface area contributed by atoms with Gasteiger partial charge in [-0.25, -0.2) is 0 Å². The molecule has 1 aromatic rings. The standard InChI is InChI=1S/C13H15N3O5/c14-12(17)8-3-4-10(16(20)21)11(6-8)15-5-1-2-9(7-15)13(18)19/h3-4,6,9H,1-2,5,7H2,(H2,14,17)(H,18,19). The average molecular weight is 293 g/mol. The molecule has 1 aliphatic heterocycles. The van der Waals surface area contributed by atoms with Crippen LogP contribution in [0.2, 0.25) is 0 Å². The number of benzene rings is 1. The van der Waals surface area contributed by atoms with E-state index in [-0.39, 0.29) is 23.5 Å². The third kappa shape index (κ3) is 3.10. The van der Waals surface area contributed by atoms with Crippen molar-refractivity contribution in [3.8, 4) is 0 Å². The molecule has 1 amide bonds. The van der Waals surface area contributed by atoms with Crippen molar-refractivity contribution in [2.45, 2.75) is 12.8 Å². The largest absolute Gasteiger partial charge is 0.481 e. The molecular weight excluding hydrogens is 278 g/mol. The van der Waals surface area contributed by atoms with E-state index in [1.54, 1.807) is 4.90 Å². The second kappa shape index (κ2) is 5.78. The van der Waals surface area contributed by atoms with Gasteiger partial charge in [-0.05, 0) is 25.0 Å². The van der Waals surface area contributed by atoms with Crippen molar-refractivity contribution in [2.24, 2.45) is 11.7 Å². The first-order valence-electron chi connectivity index (χ1n) is 6.46. The minimum Gasteiger partial charge on any atom is -0.481 e. The van der Waals surface area contributed by atoms with Crippen LogP contribution in [0, 0.1) is 16.0 Å². The number of hydrogen-bond donors (Lipinski definition) is 2. The topological polar surface area (TPSA) is 127 Å². The fourth-order valence-electron chi connectivity index (χ4n) is 2.48. The van der Waals surface area contributed by atoms with E-state index >= 15 is 0 Å². The van der Waals surface area contributed by atoms with Gasteiger partial charge in [0.2, 0.25) is 5.91 Å². The van der Waals surface area contributed by atoms with Gasteiger partial charge in [0.15, 0.2) is 0 Å². The van der Waals surface area contributed by atoms with Gasteiger partial charge in [0.05, 0.1) is 10.8 Å². The fourth-order valence-corrected chi connectivity index (χ4v) is 2.48. The lowest BCUT2D eigenvalue weighted by atomic mass is 9.97. The van der Waals surface area contributed by atoms with Gasteiger partial charge in [0.1, 0.15) is 5.69 Å². The third-order valence-electron chi connectivity index (χ3n) is 3.57. The van der Waals surface area contributed by atoms with Gasteiger partial charge in [0.25, 0.3) is 5.69 Å². The Kier molecular flexibility index (Phi) is 4.06. The summed E-state index contributed by atoms with van der Waals surface area (Å²) in [6.45, 7) is 0.686. The van der Waals surface area contributed by atoms with E-state index in [4.69, 9.17) is 10.8 Å². The van der Waals surface area contributed by atoms with Crippen molar-refractivity contribution in [1.82, 2.24) is 0 Å². The number of carbonyl (C=O) groups excluding carboxylic acids is 1. The van der Waals surface area contributed by atoms with E-state index < -0.39 is 22.7 Å². The van der Waals surface area contributed by atoms with Gasteiger partial charge in [-0.1, -0.05) is 0 Å². The van der Waals surface area contributed by atoms with Crippen LogP contribution in [-0.2, 0) is 4.79 Å². The maximum absolute atomic E-state index is 11.2. The van der Waals surface area contributed by atoms with Gasteiger partial charge in [-0.3, -0.25) is 19.7 Å². The Labute approximate surface area is 120 Å². The Morgan fingerprint density at radius 1 is 1.43 bits per heavy atom. The van der Waals surface area contributed by atoms with Crippen molar-refractivity contribution < 1.29 is 19.6 Å². The van der Waals surface area contributed by atoms with Crippen LogP contribution < -0.4 is 10.6 Å². The van der Waals surface area contributed by atoms with Gasteiger partial charge in [-0.2, -0.15) is 0 Å². The molecular formula is C13H15N3O5. The summed E-state index contributed by atoms with van der Waals surface area (Å²) >= 11 is 0. The van der Waals surface area contributed by atoms with Crippen LogP contribution in [0.4, 0.5) is 11.4 Å². The Hall–Kier alpha value is -2.64. The number of aliphatic carboxylic acids is 1. The molecule has 21 heavy (non-hydrogen) atoms. The normalized spacial score (nSPS) is 18.3. The van der Waals surface area contributed by atoms with Crippen LogP contribution in [0.25, 0.3) is 0 Å². The summed E-state index contributed by atoms with van der Waals surface area (Å²) in [6.07, 6.45) is 1.16. The van der Waals surface area contributed by atoms with Crippen LogP contribution in [0.1, 0.15) is 23.2 Å². The summed E-state index contributed by atoms with van der Waals surface area (Å²) in [5.41, 5.74) is 5.43. The first-order chi connectivity index (χ1) is 9.90. The fraction of sp³-hybridized carbons (Fsp3) is 0.385. The number of amides is 1. The van der Waals surface area contributed by atoms with Crippen molar-refractivity contribution in [3.05, 3.63) is 33.9 Å². The van der Waals surface area contributed by atoms with Crippen molar-refractivity contribution in [3.63, 3.8) is 0 Å². The number of nitro groups is 1. The lowest BCUT2D eigenvalue weighted by molar-refractivity contribution is -0.384. The summed E-state index contributed by atoms with van der Waals surface area (Å²) in [6, 6.07) is 3.87. The predicted molar refractivity (Wildman–Crippen MR) is 74.2 cm³/mol. The number of hydrogen-bond acceptors (Lipinski definition) is 5. The van der Waals surface area contributed by atoms with Crippen molar-refractivity contribution >= 4 is 23.3 Å². The molecule has 2 rings (SSSR count). The Morgan fingerprint density at radius 3 is 2.71 bits per heavy atom. The summed E-state index contributed by atoms with van der Waals surface area (Å²) in [7, 11) is 0. The third-order valence-corrected chi connectivity index (χ3v) is 3.57. The van der Waals surface area contributed by atoms with Gasteiger partial charge in [-0.15, -0.1) is 0 Å². The van der Waals surface area contributed by atoms with Crippen LogP contribution >= 0.6 is 0 Å². The number of nitrogens with two attached hydrogens (primary N) is 1. The highest BCUT2D eigenvalue weighted by molar-refractivity contribution is 5.94. The molecule has 0 bridgehead atoms. The molecule has 8 nitrogen and oxygen atoms in total. The monoisotopic (exact) mass is 293 g/mol. The van der Waals surface area contributed by atoms with Crippen molar-refractivity contribution in [1.29, 1.82) is 0 Å². The molecule has 0 radical (unpaired) electrons. The average Bonchev–Trinajstić information content (AvgIpc) is 2.46. The second-order valence-corrected chi connectivity index (χ2v) is 4.95. The Balaban J connectivity index is 2.40. The Bertz CT molecular complexity index is 601. The second-order valence-electron chi connectivity index (χ2n) is 4.95. The smallest absolute Gasteiger partial charge is 0.308 e. The van der Waals surface area contributed by atoms with E-state index in [1.165, 1.54) is 18.2 Å². The van der Waals surface area contributed by atoms with E-state index in [1.807, 2.05) is 0 Å². The maximum Gasteiger partial charge on any atom is 0.308 e. The van der Waals surface area contributed by atoms with E-state index in [2.05, 4.69) is 0 Å². The SMILES string of the molecule is NC(=O)c1ccc([N+](=O)[O-])c(N2CCCC(C(=O)O)C2)c1. The summed E-state index contributed by atoms with van der Waals surface area (Å²) in [5.74, 6) is -2.18. The molecule has 1 fully saturated rings. The summed E-state index contributed by atoms with van der Waals surface area (Å²) in [5, 5.41) is 20.2. The molecule has 1 heterocycles. The number of nitro benzene ring substituents is 1. The summed E-state index contributed by atoms with van der Waals surface area (Å²) < 4.78 is 0. The first kappa shape index (κ1) is 14.8. The number of carboxylic acid groups (broad SMARTS) is 1. The van der Waals surface area contributed by atoms with Crippen LogP contribution in [0.5, 0.6) is 0 Å². The molecule has 1 atom stereocenters. The molecule has 0 spiro atoms. The van der Waals surface area contributed by atoms with E-state index in [0.29, 0.717) is 19.4 Å². The number of carboxylic acids is 1. The number of carbonyl (C=O) groups is 2. The molecule has 1 aromatic carbocycles. The van der Waals surface area contributed by atoms with Gasteiger partial charge >= 0.3 is 5.97 Å². The lowest BCUT2D eigenvalue weighted by Crippen LogP contribution is -2.39. The highest BCUT2D eigenvalue weighted by Crippen LogP contribution is 2.32. The van der Waals surface area contributed by atoms with Crippen LogP contribution in [-0.4, -0.2) is 35.0 Å². The molecule has 1 unspecified atom stereocenters. The zero-order chi connectivity index (χ0) is 15.6. The van der Waals surface area contributed by atoms with E-state index in [0.717, 1.165) is 0 Å². The molecule has 0 aliphatic carbocycles. The molecule has 1 aliphatic rings. The predicted octanol–water partition coefficient (Wildman–Crippen LogP) is 0.995. The highest BCUT2D eigenvalue weighted by Gasteiger charge is 2.29. The summed E-state index contributed by atoms with van der Waals surface area (Å²) in [4.78, 5) is 34.5. The Morgan fingerprint density at radius 2 is 2.14 bits per heavy atom. The van der Waals surface area contributed by atoms with Crippen molar-refractivity contribution in [2.75, 3.05) is 18.0 Å². The number of anilines is 1. The number of piperidine rings is 1. The van der Waals surface area contributed by atoms with Gasteiger partial charge < -0.3 is 15.7 Å². The van der Waals surface area contributed by atoms with Crippen LogP contribution in [0.3, 0.4) is 0 Å². The lowest BCUT2D eigenvalue weighted by Gasteiger charge is -2.32. The zero-order valence-corrected chi connectivity index (χ0v) is 11.2. The molecule has 0 aromatic heterocycles. The van der Waals surface area contributed by atoms with E-state index in [9.17, 15) is 19.7 Å². The molecule has 0 saturated carbocycles. The first-order valence-corrected chi connectivity index (χ1v) is 6.46. The van der Waals surface area contributed by atoms with Gasteiger partial charge in [0, 0.05) is 24.7 Å². The molecule has 1 saturated heterocycles. The minimum absolute atomic E-state index is 0.160. The number of primary amides is 1. The molecule has 3 N–H and O–H groups in total. The van der Waals surface area contributed by atoms with Crippen LogP contribution in [0.15, 0.2) is 18.2 Å². The molecule has 112 valence electrons. The maximum atomic E-state index is 11.2. The number of nitrogens with zero attached hydrogens (tertiary/aromatic N) is 2. The highest BCUT2D eigenvalue weighted by atomic mass is 16.6.